The van der Waals surface area contributed by atoms with Gasteiger partial charge in [-0.2, -0.15) is 0 Å². The summed E-state index contributed by atoms with van der Waals surface area (Å²) in [5.41, 5.74) is -0.424. The first kappa shape index (κ1) is 19.9. The largest absolute Gasteiger partial charge is 0.473 e. The standard InChI is InChI=1S/C19H16Cl2N4O3/c1-19(28-15-9-5-13(20)6-10-15,12-3-7-14(8-4-12)25(2)27)17(26)24-18-22-11-16(21)23-18/h3-11H,1-2H3,(H-,22,23,24,26)/p+1. The molecule has 0 bridgehead atoms. The molecular weight excluding hydrogens is 403 g/mol. The average molecular weight is 420 g/mol. The van der Waals surface area contributed by atoms with Crippen molar-refractivity contribution in [3.8, 4) is 5.75 Å². The molecule has 0 aliphatic heterocycles. The maximum Gasteiger partial charge on any atom is 0.275 e. The Morgan fingerprint density at radius 2 is 1.79 bits per heavy atom. The fourth-order valence-corrected chi connectivity index (χ4v) is 2.82. The van der Waals surface area contributed by atoms with Crippen molar-refractivity contribution in [1.29, 1.82) is 0 Å². The van der Waals surface area contributed by atoms with Crippen molar-refractivity contribution in [3.63, 3.8) is 0 Å². The zero-order chi connectivity index (χ0) is 20.3. The molecule has 0 aliphatic carbocycles. The number of anilines is 1. The zero-order valence-corrected chi connectivity index (χ0v) is 16.6. The van der Waals surface area contributed by atoms with Gasteiger partial charge in [-0.1, -0.05) is 23.2 Å². The van der Waals surface area contributed by atoms with E-state index in [4.69, 9.17) is 27.9 Å². The van der Waals surface area contributed by atoms with E-state index >= 15 is 0 Å². The molecule has 9 heteroatoms. The monoisotopic (exact) mass is 419 g/mol. The maximum atomic E-state index is 13.1. The van der Waals surface area contributed by atoms with Gasteiger partial charge >= 0.3 is 0 Å². The Morgan fingerprint density at radius 1 is 1.14 bits per heavy atom. The number of nitroso groups, excluding NO2 is 1. The summed E-state index contributed by atoms with van der Waals surface area (Å²) in [4.78, 5) is 31.3. The number of hydrogen-bond donors (Lipinski definition) is 2. The lowest BCUT2D eigenvalue weighted by atomic mass is 9.94. The van der Waals surface area contributed by atoms with E-state index in [-0.39, 0.29) is 5.95 Å². The lowest BCUT2D eigenvalue weighted by Gasteiger charge is -2.29. The number of H-pyrrole nitrogens is 1. The maximum absolute atomic E-state index is 13.1. The summed E-state index contributed by atoms with van der Waals surface area (Å²) in [6.07, 6.45) is 1.38. The topological polar surface area (TPSA) is 87.1 Å². The van der Waals surface area contributed by atoms with Crippen LogP contribution in [0.15, 0.2) is 54.7 Å². The van der Waals surface area contributed by atoms with E-state index in [1.165, 1.54) is 13.2 Å². The van der Waals surface area contributed by atoms with Crippen LogP contribution in [0.2, 0.25) is 10.2 Å². The summed E-state index contributed by atoms with van der Waals surface area (Å²) in [5.74, 6) is 0.165. The normalized spacial score (nSPS) is 12.9. The molecule has 0 radical (unpaired) electrons. The third-order valence-electron chi connectivity index (χ3n) is 4.13. The van der Waals surface area contributed by atoms with Crippen LogP contribution in [0.5, 0.6) is 5.75 Å². The molecule has 1 aromatic heterocycles. The fourth-order valence-electron chi connectivity index (χ4n) is 2.55. The number of nitrogens with one attached hydrogen (secondary N) is 2. The molecule has 144 valence electrons. The number of halogens is 2. The van der Waals surface area contributed by atoms with Gasteiger partial charge < -0.3 is 9.72 Å². The van der Waals surface area contributed by atoms with Gasteiger partial charge in [-0.25, -0.2) is 4.98 Å². The average Bonchev–Trinajstić information content (AvgIpc) is 3.08. The van der Waals surface area contributed by atoms with Gasteiger partial charge in [0.1, 0.15) is 10.9 Å². The molecule has 0 fully saturated rings. The van der Waals surface area contributed by atoms with Crippen LogP contribution >= 0.6 is 23.2 Å². The van der Waals surface area contributed by atoms with E-state index in [0.29, 0.717) is 27.2 Å². The minimum atomic E-state index is -1.42. The molecule has 7 nitrogen and oxygen atoms in total. The molecule has 28 heavy (non-hydrogen) atoms. The molecule has 2 N–H and O–H groups in total. The quantitative estimate of drug-likeness (QED) is 0.567. The summed E-state index contributed by atoms with van der Waals surface area (Å²) in [7, 11) is 1.39. The van der Waals surface area contributed by atoms with Gasteiger partial charge in [-0.15, -0.1) is 0 Å². The molecule has 3 rings (SSSR count). The van der Waals surface area contributed by atoms with Crippen molar-refractivity contribution in [3.05, 3.63) is 75.4 Å². The number of carbonyl (C=O) groups is 1. The van der Waals surface area contributed by atoms with E-state index in [0.717, 1.165) is 4.76 Å². The molecule has 1 heterocycles. The van der Waals surface area contributed by atoms with Crippen molar-refractivity contribution < 1.29 is 14.3 Å². The Morgan fingerprint density at radius 3 is 2.32 bits per heavy atom. The highest BCUT2D eigenvalue weighted by Gasteiger charge is 2.39. The highest BCUT2D eigenvalue weighted by molar-refractivity contribution is 6.30. The number of aromatic amines is 1. The van der Waals surface area contributed by atoms with Crippen LogP contribution in [-0.2, 0) is 10.4 Å². The third-order valence-corrected chi connectivity index (χ3v) is 4.57. The Bertz CT molecular complexity index is 1000. The molecular formula is C19H17Cl2N4O3+. The van der Waals surface area contributed by atoms with Crippen molar-refractivity contribution in [1.82, 2.24) is 9.97 Å². The number of hydrogen-bond acceptors (Lipinski definition) is 4. The van der Waals surface area contributed by atoms with E-state index in [9.17, 15) is 9.70 Å². The van der Waals surface area contributed by atoms with Crippen LogP contribution in [0.4, 0.5) is 11.6 Å². The molecule has 3 aromatic rings. The Labute approximate surface area is 171 Å². The third kappa shape index (κ3) is 4.32. The number of benzene rings is 2. The minimum Gasteiger partial charge on any atom is -0.473 e. The second-order valence-electron chi connectivity index (χ2n) is 6.17. The summed E-state index contributed by atoms with van der Waals surface area (Å²) in [6, 6.07) is 13.2. The highest BCUT2D eigenvalue weighted by Crippen LogP contribution is 2.31. The molecule has 1 amide bonds. The number of imidazole rings is 1. The lowest BCUT2D eigenvalue weighted by Crippen LogP contribution is -2.43. The predicted molar refractivity (Wildman–Crippen MR) is 107 cm³/mol. The van der Waals surface area contributed by atoms with Gasteiger partial charge in [0.15, 0.2) is 7.05 Å². The van der Waals surface area contributed by atoms with Crippen LogP contribution < -0.4 is 10.1 Å². The summed E-state index contributed by atoms with van der Waals surface area (Å²) >= 11 is 11.7. The Balaban J connectivity index is 1.97. The number of rotatable bonds is 6. The van der Waals surface area contributed by atoms with Crippen molar-refractivity contribution in [2.24, 2.45) is 0 Å². The predicted octanol–water partition coefficient (Wildman–Crippen LogP) is 4.69. The number of ether oxygens (including phenoxy) is 1. The number of aromatic nitrogens is 2. The second-order valence-corrected chi connectivity index (χ2v) is 7.01. The number of carbonyl (C=O) groups excluding carboxylic acids is 1. The van der Waals surface area contributed by atoms with Crippen LogP contribution in [0.3, 0.4) is 0 Å². The summed E-state index contributed by atoms with van der Waals surface area (Å²) < 4.78 is 6.78. The summed E-state index contributed by atoms with van der Waals surface area (Å²) in [6.45, 7) is 1.62. The lowest BCUT2D eigenvalue weighted by molar-refractivity contribution is -0.428. The van der Waals surface area contributed by atoms with Gasteiger partial charge in [0.25, 0.3) is 11.6 Å². The SMILES string of the molecule is C[N+](=O)c1ccc(C(C)(Oc2ccc(Cl)cc2)C(=O)Nc2ncc(Cl)[nH]2)cc1. The van der Waals surface area contributed by atoms with Gasteiger partial charge in [0, 0.05) is 32.4 Å². The van der Waals surface area contributed by atoms with Crippen LogP contribution in [0.1, 0.15) is 12.5 Å². The van der Waals surface area contributed by atoms with E-state index in [1.807, 2.05) is 0 Å². The molecule has 0 saturated carbocycles. The fraction of sp³-hybridized carbons (Fsp3) is 0.158. The molecule has 2 aromatic carbocycles. The van der Waals surface area contributed by atoms with E-state index in [1.54, 1.807) is 55.5 Å². The Hall–Kier alpha value is -2.90. The zero-order valence-electron chi connectivity index (χ0n) is 15.1. The smallest absolute Gasteiger partial charge is 0.275 e. The van der Waals surface area contributed by atoms with Crippen molar-refractivity contribution >= 4 is 40.7 Å². The summed E-state index contributed by atoms with van der Waals surface area (Å²) in [5, 5.41) is 3.50. The van der Waals surface area contributed by atoms with Crippen LogP contribution in [0, 0.1) is 4.91 Å². The molecule has 1 unspecified atom stereocenters. The Kier molecular flexibility index (Phi) is 5.67. The number of nitrogens with zero attached hydrogens (tertiary/aromatic N) is 2. The number of amides is 1. The van der Waals surface area contributed by atoms with Crippen LogP contribution in [-0.4, -0.2) is 27.7 Å². The molecule has 0 aliphatic rings. The molecule has 0 saturated heterocycles. The molecule has 1 atom stereocenters. The minimum absolute atomic E-state index is 0.192. The van der Waals surface area contributed by atoms with E-state index < -0.39 is 11.5 Å². The van der Waals surface area contributed by atoms with Gasteiger partial charge in [0.05, 0.1) is 6.20 Å². The first-order valence-electron chi connectivity index (χ1n) is 8.26. The van der Waals surface area contributed by atoms with Crippen molar-refractivity contribution in [2.75, 3.05) is 12.4 Å². The molecule has 0 spiro atoms. The first-order chi connectivity index (χ1) is 13.3. The highest BCUT2D eigenvalue weighted by atomic mass is 35.5. The van der Waals surface area contributed by atoms with Crippen LogP contribution in [0.25, 0.3) is 0 Å². The first-order valence-corrected chi connectivity index (χ1v) is 9.01. The second kappa shape index (κ2) is 8.00. The van der Waals surface area contributed by atoms with E-state index in [2.05, 4.69) is 15.3 Å². The van der Waals surface area contributed by atoms with Gasteiger partial charge in [-0.05, 0) is 43.3 Å². The van der Waals surface area contributed by atoms with Crippen molar-refractivity contribution in [2.45, 2.75) is 12.5 Å². The van der Waals surface area contributed by atoms with Gasteiger partial charge in [-0.3, -0.25) is 10.1 Å². The van der Waals surface area contributed by atoms with Gasteiger partial charge in [0.2, 0.25) is 11.5 Å².